The molecule has 0 fully saturated rings. The van der Waals surface area contributed by atoms with Crippen LogP contribution in [0, 0.1) is 0 Å². The average Bonchev–Trinajstić information content (AvgIpc) is 3.13. The highest BCUT2D eigenvalue weighted by atomic mass is 32.1. The molecule has 0 amide bonds. The second-order valence-electron chi connectivity index (χ2n) is 4.71. The molecule has 0 aliphatic carbocycles. The molecule has 3 rings (SSSR count). The van der Waals surface area contributed by atoms with Gasteiger partial charge in [0.2, 0.25) is 0 Å². The smallest absolute Gasteiger partial charge is 0.153 e. The number of benzene rings is 1. The SMILES string of the molecule is CCc1ccc(-c2[nH]nc(N)c2-c2ccc(OC)cc2)s1. The summed E-state index contributed by atoms with van der Waals surface area (Å²) in [5.41, 5.74) is 9.00. The van der Waals surface area contributed by atoms with Crippen molar-refractivity contribution >= 4 is 17.2 Å². The zero-order valence-corrected chi connectivity index (χ0v) is 12.8. The molecule has 3 N–H and O–H groups in total. The highest BCUT2D eigenvalue weighted by Crippen LogP contribution is 2.38. The first kappa shape index (κ1) is 13.7. The summed E-state index contributed by atoms with van der Waals surface area (Å²) < 4.78 is 5.20. The summed E-state index contributed by atoms with van der Waals surface area (Å²) in [5, 5.41) is 7.23. The molecule has 1 aromatic carbocycles. The van der Waals surface area contributed by atoms with Crippen molar-refractivity contribution in [3.05, 3.63) is 41.3 Å². The number of nitrogens with one attached hydrogen (secondary N) is 1. The van der Waals surface area contributed by atoms with Gasteiger partial charge in [0.1, 0.15) is 5.75 Å². The van der Waals surface area contributed by atoms with Crippen molar-refractivity contribution in [2.75, 3.05) is 12.8 Å². The molecule has 0 aliphatic heterocycles. The van der Waals surface area contributed by atoms with E-state index >= 15 is 0 Å². The van der Waals surface area contributed by atoms with Crippen molar-refractivity contribution in [1.82, 2.24) is 10.2 Å². The van der Waals surface area contributed by atoms with E-state index in [0.29, 0.717) is 5.82 Å². The van der Waals surface area contributed by atoms with Crippen molar-refractivity contribution in [2.45, 2.75) is 13.3 Å². The lowest BCUT2D eigenvalue weighted by Crippen LogP contribution is -1.89. The van der Waals surface area contributed by atoms with Gasteiger partial charge < -0.3 is 10.5 Å². The number of H-pyrrole nitrogens is 1. The van der Waals surface area contributed by atoms with Gasteiger partial charge in [0.25, 0.3) is 0 Å². The first-order valence-corrected chi connectivity index (χ1v) is 7.62. The van der Waals surface area contributed by atoms with E-state index in [2.05, 4.69) is 29.3 Å². The van der Waals surface area contributed by atoms with E-state index in [4.69, 9.17) is 10.5 Å². The minimum absolute atomic E-state index is 0.515. The quantitative estimate of drug-likeness (QED) is 0.766. The number of anilines is 1. The Hall–Kier alpha value is -2.27. The summed E-state index contributed by atoms with van der Waals surface area (Å²) in [6.07, 6.45) is 1.03. The monoisotopic (exact) mass is 299 g/mol. The number of hydrogen-bond acceptors (Lipinski definition) is 4. The number of nitrogens with zero attached hydrogens (tertiary/aromatic N) is 1. The number of ether oxygens (including phenoxy) is 1. The Morgan fingerprint density at radius 2 is 1.95 bits per heavy atom. The molecule has 3 aromatic rings. The predicted octanol–water partition coefficient (Wildman–Crippen LogP) is 3.96. The number of nitrogen functional groups attached to an aromatic ring is 1. The number of aryl methyl sites for hydroxylation is 1. The fraction of sp³-hybridized carbons (Fsp3) is 0.188. The maximum atomic E-state index is 6.05. The van der Waals surface area contributed by atoms with Crippen molar-refractivity contribution in [3.8, 4) is 27.4 Å². The van der Waals surface area contributed by atoms with Crippen molar-refractivity contribution < 1.29 is 4.74 Å². The van der Waals surface area contributed by atoms with Crippen LogP contribution in [0.25, 0.3) is 21.7 Å². The van der Waals surface area contributed by atoms with E-state index < -0.39 is 0 Å². The van der Waals surface area contributed by atoms with Crippen LogP contribution in [0.2, 0.25) is 0 Å². The summed E-state index contributed by atoms with van der Waals surface area (Å²) in [6.45, 7) is 2.15. The molecule has 21 heavy (non-hydrogen) atoms. The number of hydrogen-bond donors (Lipinski definition) is 2. The number of thiophene rings is 1. The van der Waals surface area contributed by atoms with Crippen LogP contribution < -0.4 is 10.5 Å². The van der Waals surface area contributed by atoms with Gasteiger partial charge in [0, 0.05) is 4.88 Å². The first-order valence-electron chi connectivity index (χ1n) is 6.80. The zero-order valence-electron chi connectivity index (χ0n) is 12.0. The third-order valence-electron chi connectivity index (χ3n) is 3.43. The van der Waals surface area contributed by atoms with Crippen LogP contribution in [0.3, 0.4) is 0 Å². The summed E-state index contributed by atoms with van der Waals surface area (Å²) in [7, 11) is 1.66. The van der Waals surface area contributed by atoms with Gasteiger partial charge in [0.05, 0.1) is 23.2 Å². The Bertz CT molecular complexity index is 743. The van der Waals surface area contributed by atoms with Crippen LogP contribution in [0.15, 0.2) is 36.4 Å². The van der Waals surface area contributed by atoms with Crippen LogP contribution in [0.4, 0.5) is 5.82 Å². The molecule has 2 heterocycles. The molecule has 0 aliphatic rings. The second kappa shape index (κ2) is 5.61. The first-order chi connectivity index (χ1) is 10.2. The molecule has 0 spiro atoms. The number of nitrogens with two attached hydrogens (primary N) is 1. The molecule has 0 radical (unpaired) electrons. The van der Waals surface area contributed by atoms with E-state index in [9.17, 15) is 0 Å². The average molecular weight is 299 g/mol. The summed E-state index contributed by atoms with van der Waals surface area (Å²) in [5.74, 6) is 1.34. The van der Waals surface area contributed by atoms with Crippen LogP contribution in [-0.4, -0.2) is 17.3 Å². The summed E-state index contributed by atoms with van der Waals surface area (Å²) >= 11 is 1.76. The van der Waals surface area contributed by atoms with E-state index in [0.717, 1.165) is 33.9 Å². The fourth-order valence-electron chi connectivity index (χ4n) is 2.29. The largest absolute Gasteiger partial charge is 0.497 e. The maximum Gasteiger partial charge on any atom is 0.153 e. The normalized spacial score (nSPS) is 10.8. The van der Waals surface area contributed by atoms with Gasteiger partial charge in [-0.2, -0.15) is 5.10 Å². The van der Waals surface area contributed by atoms with E-state index in [1.54, 1.807) is 18.4 Å². The van der Waals surface area contributed by atoms with Gasteiger partial charge in [-0.25, -0.2) is 0 Å². The van der Waals surface area contributed by atoms with Gasteiger partial charge in [-0.1, -0.05) is 19.1 Å². The van der Waals surface area contributed by atoms with Gasteiger partial charge in [0.15, 0.2) is 5.82 Å². The zero-order chi connectivity index (χ0) is 14.8. The maximum absolute atomic E-state index is 6.05. The van der Waals surface area contributed by atoms with Crippen LogP contribution in [0.1, 0.15) is 11.8 Å². The molecule has 5 heteroatoms. The Labute approximate surface area is 127 Å². The van der Waals surface area contributed by atoms with E-state index in [-0.39, 0.29) is 0 Å². The second-order valence-corrected chi connectivity index (χ2v) is 5.88. The van der Waals surface area contributed by atoms with Crippen LogP contribution in [0.5, 0.6) is 5.75 Å². The van der Waals surface area contributed by atoms with Crippen LogP contribution >= 0.6 is 11.3 Å². The molecular weight excluding hydrogens is 282 g/mol. The van der Waals surface area contributed by atoms with Gasteiger partial charge in [-0.05, 0) is 36.2 Å². The molecule has 108 valence electrons. The van der Waals surface area contributed by atoms with Crippen molar-refractivity contribution in [3.63, 3.8) is 0 Å². The lowest BCUT2D eigenvalue weighted by atomic mass is 10.0. The number of aromatic nitrogens is 2. The Kier molecular flexibility index (Phi) is 3.66. The molecule has 0 saturated carbocycles. The van der Waals surface area contributed by atoms with Gasteiger partial charge in [-0.3, -0.25) is 5.10 Å². The molecular formula is C16H17N3OS. The topological polar surface area (TPSA) is 63.9 Å². The van der Waals surface area contributed by atoms with E-state index in [1.807, 2.05) is 24.3 Å². The van der Waals surface area contributed by atoms with Gasteiger partial charge in [-0.15, -0.1) is 11.3 Å². The predicted molar refractivity (Wildman–Crippen MR) is 87.7 cm³/mol. The number of rotatable bonds is 4. The van der Waals surface area contributed by atoms with Crippen molar-refractivity contribution in [1.29, 1.82) is 0 Å². The van der Waals surface area contributed by atoms with E-state index in [1.165, 1.54) is 4.88 Å². The lowest BCUT2D eigenvalue weighted by molar-refractivity contribution is 0.415. The molecule has 0 bridgehead atoms. The molecule has 4 nitrogen and oxygen atoms in total. The minimum atomic E-state index is 0.515. The Balaban J connectivity index is 2.07. The number of methoxy groups -OCH3 is 1. The number of aromatic amines is 1. The van der Waals surface area contributed by atoms with Crippen LogP contribution in [-0.2, 0) is 6.42 Å². The molecule has 0 saturated heterocycles. The Morgan fingerprint density at radius 1 is 1.19 bits per heavy atom. The standard InChI is InChI=1S/C16H17N3OS/c1-3-12-8-9-13(21-12)15-14(16(17)19-18-15)10-4-6-11(20-2)7-5-10/h4-9H,3H2,1-2H3,(H3,17,18,19). The highest BCUT2D eigenvalue weighted by molar-refractivity contribution is 7.15. The summed E-state index contributed by atoms with van der Waals surface area (Å²) in [4.78, 5) is 2.50. The highest BCUT2D eigenvalue weighted by Gasteiger charge is 2.16. The van der Waals surface area contributed by atoms with Gasteiger partial charge >= 0.3 is 0 Å². The fourth-order valence-corrected chi connectivity index (χ4v) is 3.24. The molecule has 0 unspecified atom stereocenters. The van der Waals surface area contributed by atoms with Crippen molar-refractivity contribution in [2.24, 2.45) is 0 Å². The minimum Gasteiger partial charge on any atom is -0.497 e. The molecule has 2 aromatic heterocycles. The summed E-state index contributed by atoms with van der Waals surface area (Å²) in [6, 6.07) is 12.1. The Morgan fingerprint density at radius 3 is 2.57 bits per heavy atom. The third kappa shape index (κ3) is 2.52. The molecule has 0 atom stereocenters. The third-order valence-corrected chi connectivity index (χ3v) is 4.68. The lowest BCUT2D eigenvalue weighted by Gasteiger charge is -2.05.